The summed E-state index contributed by atoms with van der Waals surface area (Å²) in [5, 5.41) is 3.85. The summed E-state index contributed by atoms with van der Waals surface area (Å²) < 4.78 is 24.8. The Morgan fingerprint density at radius 3 is 2.85 bits per heavy atom. The van der Waals surface area contributed by atoms with Crippen LogP contribution in [0.25, 0.3) is 0 Å². The number of nitrogens with zero attached hydrogens (tertiary/aromatic N) is 2. The molecule has 0 radical (unpaired) electrons. The minimum Gasteiger partial charge on any atom is -0.376 e. The van der Waals surface area contributed by atoms with Gasteiger partial charge in [-0.2, -0.15) is 0 Å². The van der Waals surface area contributed by atoms with Crippen LogP contribution in [-0.2, 0) is 15.9 Å². The molecule has 1 N–H and O–H groups in total. The van der Waals surface area contributed by atoms with Crippen molar-refractivity contribution < 1.29 is 13.9 Å². The smallest absolute Gasteiger partial charge is 0.193 e. The standard InChI is InChI=1S/C20H29ClFN3O2/c1-23-20(24-9-6-15-4-5-16(22)13-19(15)21)25-10-7-17(8-11-25)27-14-18-3-2-12-26-18/h4-5,13,17-18H,2-3,6-12,14H2,1H3,(H,23,24). The molecule has 0 aliphatic carbocycles. The summed E-state index contributed by atoms with van der Waals surface area (Å²) in [7, 11) is 1.80. The van der Waals surface area contributed by atoms with Crippen molar-refractivity contribution in [2.24, 2.45) is 4.99 Å². The number of ether oxygens (including phenoxy) is 2. The van der Waals surface area contributed by atoms with Crippen LogP contribution < -0.4 is 5.32 Å². The number of benzene rings is 1. The van der Waals surface area contributed by atoms with Crippen molar-refractivity contribution in [3.05, 3.63) is 34.6 Å². The molecule has 1 atom stereocenters. The monoisotopic (exact) mass is 397 g/mol. The molecular weight excluding hydrogens is 369 g/mol. The third kappa shape index (κ3) is 6.06. The predicted molar refractivity (Wildman–Crippen MR) is 106 cm³/mol. The lowest BCUT2D eigenvalue weighted by Crippen LogP contribution is -2.47. The lowest BCUT2D eigenvalue weighted by Gasteiger charge is -2.34. The lowest BCUT2D eigenvalue weighted by atomic mass is 10.1. The molecule has 1 unspecified atom stereocenters. The fourth-order valence-electron chi connectivity index (χ4n) is 3.62. The fourth-order valence-corrected chi connectivity index (χ4v) is 3.88. The van der Waals surface area contributed by atoms with Crippen molar-refractivity contribution in [3.8, 4) is 0 Å². The van der Waals surface area contributed by atoms with Crippen molar-refractivity contribution in [1.82, 2.24) is 10.2 Å². The highest BCUT2D eigenvalue weighted by Crippen LogP contribution is 2.19. The van der Waals surface area contributed by atoms with Crippen LogP contribution in [0.2, 0.25) is 5.02 Å². The summed E-state index contributed by atoms with van der Waals surface area (Å²) in [6.07, 6.45) is 5.58. The van der Waals surface area contributed by atoms with E-state index in [0.29, 0.717) is 17.7 Å². The van der Waals surface area contributed by atoms with E-state index in [1.807, 2.05) is 0 Å². The van der Waals surface area contributed by atoms with Crippen molar-refractivity contribution in [1.29, 1.82) is 0 Å². The van der Waals surface area contributed by atoms with E-state index in [9.17, 15) is 4.39 Å². The molecule has 0 bridgehead atoms. The van der Waals surface area contributed by atoms with Gasteiger partial charge in [0.15, 0.2) is 5.96 Å². The zero-order valence-corrected chi connectivity index (χ0v) is 16.7. The van der Waals surface area contributed by atoms with Gasteiger partial charge in [-0.3, -0.25) is 4.99 Å². The Morgan fingerprint density at radius 2 is 2.19 bits per heavy atom. The molecule has 5 nitrogen and oxygen atoms in total. The molecule has 0 saturated carbocycles. The van der Waals surface area contributed by atoms with Crippen molar-refractivity contribution in [2.75, 3.05) is 39.9 Å². The van der Waals surface area contributed by atoms with Crippen LogP contribution in [0.3, 0.4) is 0 Å². The van der Waals surface area contributed by atoms with Crippen molar-refractivity contribution in [3.63, 3.8) is 0 Å². The van der Waals surface area contributed by atoms with Crippen LogP contribution in [0.4, 0.5) is 4.39 Å². The third-order valence-electron chi connectivity index (χ3n) is 5.19. The second-order valence-electron chi connectivity index (χ2n) is 7.11. The average Bonchev–Trinajstić information content (AvgIpc) is 3.19. The maximum Gasteiger partial charge on any atom is 0.193 e. The van der Waals surface area contributed by atoms with Gasteiger partial charge < -0.3 is 19.7 Å². The molecule has 0 amide bonds. The molecule has 2 fully saturated rings. The number of nitrogens with one attached hydrogen (secondary N) is 1. The largest absolute Gasteiger partial charge is 0.376 e. The van der Waals surface area contributed by atoms with E-state index < -0.39 is 0 Å². The van der Waals surface area contributed by atoms with E-state index in [4.69, 9.17) is 21.1 Å². The summed E-state index contributed by atoms with van der Waals surface area (Å²) in [5.74, 6) is 0.586. The first-order chi connectivity index (χ1) is 13.2. The van der Waals surface area contributed by atoms with E-state index in [1.165, 1.54) is 12.1 Å². The summed E-state index contributed by atoms with van der Waals surface area (Å²) in [6, 6.07) is 4.53. The van der Waals surface area contributed by atoms with Gasteiger partial charge in [0.2, 0.25) is 0 Å². The Bertz CT molecular complexity index is 630. The van der Waals surface area contributed by atoms with Gasteiger partial charge in [0.1, 0.15) is 5.82 Å². The minimum absolute atomic E-state index is 0.288. The van der Waals surface area contributed by atoms with E-state index in [0.717, 1.165) is 69.9 Å². The van der Waals surface area contributed by atoms with Crippen LogP contribution >= 0.6 is 11.6 Å². The topological polar surface area (TPSA) is 46.1 Å². The maximum absolute atomic E-state index is 13.1. The molecule has 2 saturated heterocycles. The number of aliphatic imine (C=N–C) groups is 1. The van der Waals surface area contributed by atoms with Gasteiger partial charge in [-0.1, -0.05) is 17.7 Å². The minimum atomic E-state index is -0.308. The fraction of sp³-hybridized carbons (Fsp3) is 0.650. The normalized spacial score (nSPS) is 21.7. The van der Waals surface area contributed by atoms with Crippen LogP contribution in [0, 0.1) is 5.82 Å². The Kier molecular flexibility index (Phi) is 7.73. The molecular formula is C20H29ClFN3O2. The van der Waals surface area contributed by atoms with E-state index in [-0.39, 0.29) is 11.9 Å². The summed E-state index contributed by atoms with van der Waals surface area (Å²) >= 11 is 6.09. The molecule has 2 heterocycles. The Morgan fingerprint density at radius 1 is 1.37 bits per heavy atom. The zero-order valence-electron chi connectivity index (χ0n) is 15.9. The molecule has 0 aromatic heterocycles. The molecule has 27 heavy (non-hydrogen) atoms. The lowest BCUT2D eigenvalue weighted by molar-refractivity contribution is -0.0367. The second kappa shape index (κ2) is 10.2. The molecule has 3 rings (SSSR count). The van der Waals surface area contributed by atoms with E-state index in [1.54, 1.807) is 13.1 Å². The highest BCUT2D eigenvalue weighted by atomic mass is 35.5. The number of guanidine groups is 1. The Labute approximate surface area is 165 Å². The number of piperidine rings is 1. The molecule has 2 aliphatic rings. The van der Waals surface area contributed by atoms with Gasteiger partial charge >= 0.3 is 0 Å². The van der Waals surface area contributed by atoms with Crippen molar-refractivity contribution >= 4 is 17.6 Å². The van der Waals surface area contributed by atoms with Gasteiger partial charge in [0.25, 0.3) is 0 Å². The average molecular weight is 398 g/mol. The number of hydrogen-bond donors (Lipinski definition) is 1. The van der Waals surface area contributed by atoms with E-state index >= 15 is 0 Å². The highest BCUT2D eigenvalue weighted by Gasteiger charge is 2.24. The van der Waals surface area contributed by atoms with Crippen molar-refractivity contribution in [2.45, 2.75) is 44.3 Å². The van der Waals surface area contributed by atoms with Gasteiger partial charge in [-0.15, -0.1) is 0 Å². The van der Waals surface area contributed by atoms with Crippen LogP contribution in [0.1, 0.15) is 31.2 Å². The number of hydrogen-bond acceptors (Lipinski definition) is 3. The molecule has 150 valence electrons. The van der Waals surface area contributed by atoms with Crippen LogP contribution in [-0.4, -0.2) is 63.0 Å². The highest BCUT2D eigenvalue weighted by molar-refractivity contribution is 6.31. The number of rotatable bonds is 6. The molecule has 1 aromatic carbocycles. The SMILES string of the molecule is CN=C(NCCc1ccc(F)cc1Cl)N1CCC(OCC2CCCO2)CC1. The first kappa shape index (κ1) is 20.4. The van der Waals surface area contributed by atoms with Gasteiger partial charge in [-0.25, -0.2) is 4.39 Å². The second-order valence-corrected chi connectivity index (χ2v) is 7.52. The Hall–Kier alpha value is -1.37. The van der Waals surface area contributed by atoms with Crippen LogP contribution in [0.5, 0.6) is 0 Å². The molecule has 7 heteroatoms. The van der Waals surface area contributed by atoms with Crippen LogP contribution in [0.15, 0.2) is 23.2 Å². The van der Waals surface area contributed by atoms with Gasteiger partial charge in [0.05, 0.1) is 18.8 Å². The van der Waals surface area contributed by atoms with Gasteiger partial charge in [-0.05, 0) is 49.8 Å². The van der Waals surface area contributed by atoms with Gasteiger partial charge in [0, 0.05) is 38.3 Å². The first-order valence-electron chi connectivity index (χ1n) is 9.78. The third-order valence-corrected chi connectivity index (χ3v) is 5.54. The summed E-state index contributed by atoms with van der Waals surface area (Å²) in [5.41, 5.74) is 0.933. The number of likely N-dealkylation sites (tertiary alicyclic amines) is 1. The Balaban J connectivity index is 1.38. The summed E-state index contributed by atoms with van der Waals surface area (Å²) in [4.78, 5) is 6.65. The number of halogens is 2. The zero-order chi connectivity index (χ0) is 19.1. The molecule has 0 spiro atoms. The predicted octanol–water partition coefficient (Wildman–Crippen LogP) is 3.26. The summed E-state index contributed by atoms with van der Waals surface area (Å²) in [6.45, 7) is 4.14. The van der Waals surface area contributed by atoms with E-state index in [2.05, 4.69) is 15.2 Å². The molecule has 2 aliphatic heterocycles. The maximum atomic E-state index is 13.1. The molecule has 1 aromatic rings. The quantitative estimate of drug-likeness (QED) is 0.591. The first-order valence-corrected chi connectivity index (χ1v) is 10.2.